The lowest BCUT2D eigenvalue weighted by Crippen LogP contribution is -2.29. The highest BCUT2D eigenvalue weighted by molar-refractivity contribution is 5.80. The first kappa shape index (κ1) is 14.8. The Labute approximate surface area is 122 Å². The highest BCUT2D eigenvalue weighted by Gasteiger charge is 2.22. The molecule has 0 spiro atoms. The van der Waals surface area contributed by atoms with Gasteiger partial charge in [-0.15, -0.1) is 0 Å². The Bertz CT molecular complexity index is 667. The Morgan fingerprint density at radius 2 is 2.10 bits per heavy atom. The summed E-state index contributed by atoms with van der Waals surface area (Å²) in [5.74, 6) is -0.354. The fourth-order valence-corrected chi connectivity index (χ4v) is 1.97. The maximum Gasteiger partial charge on any atom is 0.333 e. The van der Waals surface area contributed by atoms with E-state index in [0.29, 0.717) is 12.1 Å². The summed E-state index contributed by atoms with van der Waals surface area (Å²) in [6.45, 7) is 2.39. The van der Waals surface area contributed by atoms with Crippen molar-refractivity contribution in [3.8, 4) is 0 Å². The summed E-state index contributed by atoms with van der Waals surface area (Å²) in [5, 5.41) is 2.87. The molecule has 0 bridgehead atoms. The maximum atomic E-state index is 12.2. The van der Waals surface area contributed by atoms with Gasteiger partial charge in [-0.25, -0.2) is 9.78 Å². The van der Waals surface area contributed by atoms with Gasteiger partial charge < -0.3 is 14.6 Å². The van der Waals surface area contributed by atoms with Crippen molar-refractivity contribution in [1.29, 1.82) is 0 Å². The molecule has 1 aromatic carbocycles. The van der Waals surface area contributed by atoms with Gasteiger partial charge in [-0.05, 0) is 12.5 Å². The number of esters is 1. The van der Waals surface area contributed by atoms with Crippen molar-refractivity contribution >= 4 is 11.8 Å². The van der Waals surface area contributed by atoms with Crippen molar-refractivity contribution < 1.29 is 9.53 Å². The van der Waals surface area contributed by atoms with Gasteiger partial charge >= 0.3 is 5.97 Å². The number of nitrogens with one attached hydrogen (secondary N) is 1. The molecule has 0 aliphatic heterocycles. The Balaban J connectivity index is 2.37. The molecule has 0 aliphatic rings. The van der Waals surface area contributed by atoms with Crippen LogP contribution in [0.25, 0.3) is 0 Å². The van der Waals surface area contributed by atoms with Crippen LogP contribution in [0.2, 0.25) is 0 Å². The second kappa shape index (κ2) is 6.69. The van der Waals surface area contributed by atoms with E-state index in [9.17, 15) is 9.59 Å². The monoisotopic (exact) mass is 287 g/mol. The normalized spacial score (nSPS) is 11.7. The third-order valence-electron chi connectivity index (χ3n) is 3.11. The zero-order valence-electron chi connectivity index (χ0n) is 11.9. The third-order valence-corrected chi connectivity index (χ3v) is 3.11. The highest BCUT2D eigenvalue weighted by Crippen LogP contribution is 2.17. The fourth-order valence-electron chi connectivity index (χ4n) is 1.97. The van der Waals surface area contributed by atoms with Gasteiger partial charge in [0.25, 0.3) is 5.56 Å². The van der Waals surface area contributed by atoms with Crippen LogP contribution in [0, 0.1) is 0 Å². The molecule has 0 fully saturated rings. The quantitative estimate of drug-likeness (QED) is 0.845. The lowest BCUT2D eigenvalue weighted by Gasteiger charge is -2.17. The van der Waals surface area contributed by atoms with Crippen molar-refractivity contribution in [3.63, 3.8) is 0 Å². The van der Waals surface area contributed by atoms with E-state index < -0.39 is 12.0 Å². The minimum absolute atomic E-state index is 0.124. The molecule has 6 heteroatoms. The topological polar surface area (TPSA) is 73.2 Å². The van der Waals surface area contributed by atoms with Crippen molar-refractivity contribution in [1.82, 2.24) is 9.55 Å². The number of methoxy groups -OCH3 is 1. The Kier molecular flexibility index (Phi) is 4.71. The highest BCUT2D eigenvalue weighted by atomic mass is 16.5. The van der Waals surface area contributed by atoms with Crippen LogP contribution >= 0.6 is 0 Å². The van der Waals surface area contributed by atoms with Crippen LogP contribution < -0.4 is 10.9 Å². The zero-order chi connectivity index (χ0) is 15.2. The molecule has 0 saturated carbocycles. The van der Waals surface area contributed by atoms with E-state index in [1.807, 2.05) is 25.1 Å². The molecule has 21 heavy (non-hydrogen) atoms. The summed E-state index contributed by atoms with van der Waals surface area (Å²) in [4.78, 5) is 28.1. The van der Waals surface area contributed by atoms with E-state index >= 15 is 0 Å². The number of benzene rings is 1. The number of aryl methyl sites for hydroxylation is 1. The molecule has 1 atom stereocenters. The Morgan fingerprint density at radius 3 is 2.71 bits per heavy atom. The average Bonchev–Trinajstić information content (AvgIpc) is 2.54. The number of hydrogen-bond acceptors (Lipinski definition) is 5. The van der Waals surface area contributed by atoms with E-state index in [2.05, 4.69) is 10.3 Å². The summed E-state index contributed by atoms with van der Waals surface area (Å²) in [6.07, 6.45) is 3.12. The molecule has 6 nitrogen and oxygen atoms in total. The lowest BCUT2D eigenvalue weighted by atomic mass is 10.1. The summed E-state index contributed by atoms with van der Waals surface area (Å²) in [7, 11) is 1.31. The number of ether oxygens (including phenoxy) is 1. The van der Waals surface area contributed by atoms with E-state index in [4.69, 9.17) is 4.74 Å². The van der Waals surface area contributed by atoms with E-state index in [-0.39, 0.29) is 11.4 Å². The van der Waals surface area contributed by atoms with Crippen molar-refractivity contribution in [2.45, 2.75) is 19.5 Å². The second-order valence-electron chi connectivity index (χ2n) is 4.38. The summed E-state index contributed by atoms with van der Waals surface area (Å²) < 4.78 is 6.31. The first-order chi connectivity index (χ1) is 10.2. The van der Waals surface area contributed by atoms with Crippen LogP contribution in [-0.4, -0.2) is 22.6 Å². The van der Waals surface area contributed by atoms with E-state index in [0.717, 1.165) is 0 Å². The maximum absolute atomic E-state index is 12.2. The van der Waals surface area contributed by atoms with Crippen molar-refractivity contribution in [3.05, 3.63) is 58.6 Å². The number of anilines is 1. The van der Waals surface area contributed by atoms with Gasteiger partial charge in [-0.2, -0.15) is 0 Å². The van der Waals surface area contributed by atoms with Crippen LogP contribution in [0.15, 0.2) is 47.5 Å². The van der Waals surface area contributed by atoms with E-state index in [1.165, 1.54) is 17.9 Å². The van der Waals surface area contributed by atoms with Crippen molar-refractivity contribution in [2.75, 3.05) is 12.4 Å². The Morgan fingerprint density at radius 1 is 1.38 bits per heavy atom. The number of carbonyl (C=O) groups is 1. The van der Waals surface area contributed by atoms with Crippen LogP contribution in [-0.2, 0) is 16.1 Å². The SMILES string of the molecule is CCn1ccnc(NC(C(=O)OC)c2ccccc2)c1=O. The standard InChI is InChI=1S/C15H17N3O3/c1-3-18-10-9-16-13(14(18)19)17-12(15(20)21-2)11-7-5-4-6-8-11/h4-10,12H,3H2,1-2H3,(H,16,17). The third kappa shape index (κ3) is 3.28. The molecule has 2 aromatic rings. The molecule has 110 valence electrons. The molecule has 2 rings (SSSR count). The Hall–Kier alpha value is -2.63. The first-order valence-corrected chi connectivity index (χ1v) is 6.62. The summed E-state index contributed by atoms with van der Waals surface area (Å²) >= 11 is 0. The summed E-state index contributed by atoms with van der Waals surface area (Å²) in [5.41, 5.74) is 0.433. The number of rotatable bonds is 5. The molecular weight excluding hydrogens is 270 g/mol. The first-order valence-electron chi connectivity index (χ1n) is 6.62. The van der Waals surface area contributed by atoms with Crippen molar-refractivity contribution in [2.24, 2.45) is 0 Å². The summed E-state index contributed by atoms with van der Waals surface area (Å²) in [6, 6.07) is 8.28. The van der Waals surface area contributed by atoms with Gasteiger partial charge in [0.15, 0.2) is 11.9 Å². The fraction of sp³-hybridized carbons (Fsp3) is 0.267. The number of aromatic nitrogens is 2. The lowest BCUT2D eigenvalue weighted by molar-refractivity contribution is -0.141. The molecule has 1 heterocycles. The van der Waals surface area contributed by atoms with Crippen LogP contribution in [0.3, 0.4) is 0 Å². The average molecular weight is 287 g/mol. The molecule has 0 amide bonds. The van der Waals surface area contributed by atoms with Gasteiger partial charge in [0, 0.05) is 18.9 Å². The molecule has 0 radical (unpaired) electrons. The van der Waals surface area contributed by atoms with Gasteiger partial charge in [0.2, 0.25) is 0 Å². The molecule has 0 aliphatic carbocycles. The van der Waals surface area contributed by atoms with Gasteiger partial charge in [-0.3, -0.25) is 4.79 Å². The molecular formula is C15H17N3O3. The number of hydrogen-bond donors (Lipinski definition) is 1. The molecule has 1 aromatic heterocycles. The largest absolute Gasteiger partial charge is 0.467 e. The molecule has 1 unspecified atom stereocenters. The smallest absolute Gasteiger partial charge is 0.333 e. The van der Waals surface area contributed by atoms with Crippen LogP contribution in [0.1, 0.15) is 18.5 Å². The van der Waals surface area contributed by atoms with E-state index in [1.54, 1.807) is 18.3 Å². The zero-order valence-corrected chi connectivity index (χ0v) is 11.9. The van der Waals surface area contributed by atoms with Gasteiger partial charge in [0.1, 0.15) is 0 Å². The molecule has 1 N–H and O–H groups in total. The molecule has 0 saturated heterocycles. The van der Waals surface area contributed by atoms with Gasteiger partial charge in [0.05, 0.1) is 7.11 Å². The van der Waals surface area contributed by atoms with Crippen LogP contribution in [0.4, 0.5) is 5.82 Å². The van der Waals surface area contributed by atoms with Crippen LogP contribution in [0.5, 0.6) is 0 Å². The minimum Gasteiger partial charge on any atom is -0.467 e. The predicted molar refractivity (Wildman–Crippen MR) is 79.0 cm³/mol. The number of carbonyl (C=O) groups excluding carboxylic acids is 1. The number of nitrogens with zero attached hydrogens (tertiary/aromatic N) is 2. The second-order valence-corrected chi connectivity index (χ2v) is 4.38. The van der Waals surface area contributed by atoms with Gasteiger partial charge in [-0.1, -0.05) is 30.3 Å². The predicted octanol–water partition coefficient (Wildman–Crippen LogP) is 1.59. The minimum atomic E-state index is -0.774.